The van der Waals surface area contributed by atoms with E-state index in [0.29, 0.717) is 0 Å². The number of hydrogen-bond donors (Lipinski definition) is 1. The Bertz CT molecular complexity index is 393. The van der Waals surface area contributed by atoms with Crippen LogP contribution < -0.4 is 10.1 Å². The number of alkyl halides is 2. The molecule has 1 aromatic carbocycles. The van der Waals surface area contributed by atoms with E-state index in [2.05, 4.69) is 17.0 Å². The molecule has 1 unspecified atom stereocenters. The van der Waals surface area contributed by atoms with Gasteiger partial charge in [-0.1, -0.05) is 31.9 Å². The van der Waals surface area contributed by atoms with Gasteiger partial charge >= 0.3 is 6.61 Å². The molecule has 4 heteroatoms. The third kappa shape index (κ3) is 4.78. The molecule has 19 heavy (non-hydrogen) atoms. The fraction of sp³-hybridized carbons (Fsp3) is 0.600. The summed E-state index contributed by atoms with van der Waals surface area (Å²) in [5.41, 5.74) is 1.03. The van der Waals surface area contributed by atoms with Gasteiger partial charge in [0.1, 0.15) is 5.75 Å². The highest BCUT2D eigenvalue weighted by Gasteiger charge is 2.23. The van der Waals surface area contributed by atoms with Crippen LogP contribution >= 0.6 is 0 Å². The van der Waals surface area contributed by atoms with Crippen LogP contribution in [0.5, 0.6) is 5.75 Å². The summed E-state index contributed by atoms with van der Waals surface area (Å²) in [6, 6.07) is 7.26. The fourth-order valence-corrected chi connectivity index (χ4v) is 2.35. The first-order valence-corrected chi connectivity index (χ1v) is 6.97. The Kier molecular flexibility index (Phi) is 5.14. The Hall–Kier alpha value is -1.16. The molecular weight excluding hydrogens is 248 g/mol. The summed E-state index contributed by atoms with van der Waals surface area (Å²) in [6.07, 6.45) is 4.94. The van der Waals surface area contributed by atoms with Gasteiger partial charge in [-0.3, -0.25) is 0 Å². The number of benzene rings is 1. The van der Waals surface area contributed by atoms with Gasteiger partial charge in [0.2, 0.25) is 0 Å². The molecule has 1 atom stereocenters. The third-order valence-corrected chi connectivity index (χ3v) is 3.50. The van der Waals surface area contributed by atoms with Crippen LogP contribution in [0.2, 0.25) is 0 Å². The summed E-state index contributed by atoms with van der Waals surface area (Å²) in [5, 5.41) is 3.42. The van der Waals surface area contributed by atoms with Crippen LogP contribution in [-0.4, -0.2) is 13.2 Å². The van der Waals surface area contributed by atoms with Gasteiger partial charge in [-0.2, -0.15) is 8.78 Å². The predicted octanol–water partition coefficient (Wildman–Crippen LogP) is 4.13. The summed E-state index contributed by atoms with van der Waals surface area (Å²) < 4.78 is 28.9. The fourth-order valence-electron chi connectivity index (χ4n) is 2.35. The predicted molar refractivity (Wildman–Crippen MR) is 71.4 cm³/mol. The Morgan fingerprint density at radius 1 is 1.37 bits per heavy atom. The standard InChI is InChI=1S/C15H21F2NO/c1-2-18-14(9-8-11-6-7-11)12-4-3-5-13(10-12)19-15(16)17/h3-5,10-11,14-15,18H,2,6-9H2,1H3. The molecule has 0 amide bonds. The van der Waals surface area contributed by atoms with Crippen LogP contribution in [0, 0.1) is 5.92 Å². The highest BCUT2D eigenvalue weighted by molar-refractivity contribution is 5.30. The quantitative estimate of drug-likeness (QED) is 0.766. The molecular formula is C15H21F2NO. The van der Waals surface area contributed by atoms with E-state index in [4.69, 9.17) is 0 Å². The molecule has 0 bridgehead atoms. The first kappa shape index (κ1) is 14.3. The van der Waals surface area contributed by atoms with Gasteiger partial charge in [0.15, 0.2) is 0 Å². The average Bonchev–Trinajstić information content (AvgIpc) is 3.18. The number of hydrogen-bond acceptors (Lipinski definition) is 2. The molecule has 1 aliphatic rings. The topological polar surface area (TPSA) is 21.3 Å². The lowest BCUT2D eigenvalue weighted by Crippen LogP contribution is -2.21. The van der Waals surface area contributed by atoms with Crippen molar-refractivity contribution in [1.29, 1.82) is 0 Å². The van der Waals surface area contributed by atoms with Gasteiger partial charge in [-0.15, -0.1) is 0 Å². The van der Waals surface area contributed by atoms with E-state index in [-0.39, 0.29) is 11.8 Å². The minimum atomic E-state index is -2.76. The molecule has 2 rings (SSSR count). The van der Waals surface area contributed by atoms with Crippen molar-refractivity contribution in [3.63, 3.8) is 0 Å². The summed E-state index contributed by atoms with van der Waals surface area (Å²) in [4.78, 5) is 0. The van der Waals surface area contributed by atoms with Crippen LogP contribution in [0.1, 0.15) is 44.2 Å². The summed E-state index contributed by atoms with van der Waals surface area (Å²) in [7, 11) is 0. The molecule has 1 saturated carbocycles. The maximum absolute atomic E-state index is 12.2. The van der Waals surface area contributed by atoms with Crippen molar-refractivity contribution in [3.05, 3.63) is 29.8 Å². The van der Waals surface area contributed by atoms with Crippen molar-refractivity contribution in [2.75, 3.05) is 6.54 Å². The van der Waals surface area contributed by atoms with Crippen molar-refractivity contribution in [1.82, 2.24) is 5.32 Å². The zero-order valence-electron chi connectivity index (χ0n) is 11.2. The molecule has 0 spiro atoms. The van der Waals surface area contributed by atoms with E-state index in [1.165, 1.54) is 19.3 Å². The molecule has 0 aliphatic heterocycles. The summed E-state index contributed by atoms with van der Waals surface area (Å²) in [5.74, 6) is 1.11. The van der Waals surface area contributed by atoms with Gasteiger partial charge in [0, 0.05) is 6.04 Å². The van der Waals surface area contributed by atoms with Crippen molar-refractivity contribution >= 4 is 0 Å². The smallest absolute Gasteiger partial charge is 0.387 e. The van der Waals surface area contributed by atoms with E-state index in [0.717, 1.165) is 24.4 Å². The highest BCUT2D eigenvalue weighted by Crippen LogP contribution is 2.36. The average molecular weight is 269 g/mol. The Balaban J connectivity index is 2.01. The van der Waals surface area contributed by atoms with E-state index in [1.807, 2.05) is 6.07 Å². The van der Waals surface area contributed by atoms with Crippen molar-refractivity contribution < 1.29 is 13.5 Å². The summed E-state index contributed by atoms with van der Waals surface area (Å²) in [6.45, 7) is 0.165. The van der Waals surface area contributed by atoms with Crippen molar-refractivity contribution in [2.24, 2.45) is 5.92 Å². The van der Waals surface area contributed by atoms with E-state index in [9.17, 15) is 8.78 Å². The molecule has 0 aromatic heterocycles. The molecule has 2 nitrogen and oxygen atoms in total. The maximum atomic E-state index is 12.2. The van der Waals surface area contributed by atoms with Crippen LogP contribution in [0.4, 0.5) is 8.78 Å². The minimum Gasteiger partial charge on any atom is -0.435 e. The van der Waals surface area contributed by atoms with Crippen LogP contribution in [0.3, 0.4) is 0 Å². The number of rotatable bonds is 8. The van der Waals surface area contributed by atoms with Gasteiger partial charge in [-0.05, 0) is 43.0 Å². The Labute approximate surface area is 113 Å². The van der Waals surface area contributed by atoms with Gasteiger partial charge < -0.3 is 10.1 Å². The molecule has 1 aliphatic carbocycles. The second-order valence-electron chi connectivity index (χ2n) is 5.08. The SMILES string of the molecule is CCNC(CCC1CC1)c1cccc(OC(F)F)c1. The van der Waals surface area contributed by atoms with E-state index in [1.54, 1.807) is 18.2 Å². The Morgan fingerprint density at radius 3 is 2.79 bits per heavy atom. The Morgan fingerprint density at radius 2 is 2.16 bits per heavy atom. The minimum absolute atomic E-state index is 0.229. The molecule has 0 heterocycles. The number of halogens is 2. The normalized spacial score (nSPS) is 16.6. The van der Waals surface area contributed by atoms with Crippen molar-refractivity contribution in [2.45, 2.75) is 45.3 Å². The second-order valence-corrected chi connectivity index (χ2v) is 5.08. The van der Waals surface area contributed by atoms with Crippen LogP contribution in [-0.2, 0) is 0 Å². The zero-order chi connectivity index (χ0) is 13.7. The lowest BCUT2D eigenvalue weighted by atomic mass is 10.00. The number of ether oxygens (including phenoxy) is 1. The monoisotopic (exact) mass is 269 g/mol. The molecule has 0 saturated heterocycles. The first-order chi connectivity index (χ1) is 9.19. The first-order valence-electron chi connectivity index (χ1n) is 6.97. The van der Waals surface area contributed by atoms with Gasteiger partial charge in [0.25, 0.3) is 0 Å². The van der Waals surface area contributed by atoms with Gasteiger partial charge in [-0.25, -0.2) is 0 Å². The second kappa shape index (κ2) is 6.85. The van der Waals surface area contributed by atoms with E-state index < -0.39 is 6.61 Å². The molecule has 1 N–H and O–H groups in total. The largest absolute Gasteiger partial charge is 0.435 e. The van der Waals surface area contributed by atoms with Gasteiger partial charge in [0.05, 0.1) is 0 Å². The molecule has 1 fully saturated rings. The molecule has 1 aromatic rings. The molecule has 0 radical (unpaired) electrons. The van der Waals surface area contributed by atoms with E-state index >= 15 is 0 Å². The zero-order valence-corrected chi connectivity index (χ0v) is 11.2. The third-order valence-electron chi connectivity index (χ3n) is 3.50. The van der Waals surface area contributed by atoms with Crippen molar-refractivity contribution in [3.8, 4) is 5.75 Å². The lowest BCUT2D eigenvalue weighted by molar-refractivity contribution is -0.0499. The molecule has 106 valence electrons. The number of nitrogens with one attached hydrogen (secondary N) is 1. The summed E-state index contributed by atoms with van der Waals surface area (Å²) >= 11 is 0. The highest BCUT2D eigenvalue weighted by atomic mass is 19.3. The van der Waals surface area contributed by atoms with Crippen LogP contribution in [0.25, 0.3) is 0 Å². The maximum Gasteiger partial charge on any atom is 0.387 e. The van der Waals surface area contributed by atoms with Crippen LogP contribution in [0.15, 0.2) is 24.3 Å². The lowest BCUT2D eigenvalue weighted by Gasteiger charge is -2.19.